The van der Waals surface area contributed by atoms with Crippen molar-refractivity contribution in [2.24, 2.45) is 12.8 Å². The van der Waals surface area contributed by atoms with Crippen LogP contribution < -0.4 is 5.73 Å². The molecule has 0 saturated carbocycles. The van der Waals surface area contributed by atoms with Gasteiger partial charge in [0, 0.05) is 18.8 Å². The summed E-state index contributed by atoms with van der Waals surface area (Å²) in [4.78, 5) is 0. The van der Waals surface area contributed by atoms with Crippen LogP contribution in [0.25, 0.3) is 0 Å². The molecule has 3 heteroatoms. The molecule has 0 saturated heterocycles. The van der Waals surface area contributed by atoms with Crippen molar-refractivity contribution in [3.63, 3.8) is 0 Å². The Balaban J connectivity index is 1.77. The van der Waals surface area contributed by atoms with Gasteiger partial charge in [-0.25, -0.2) is 0 Å². The summed E-state index contributed by atoms with van der Waals surface area (Å²) in [6, 6.07) is 8.58. The molecule has 2 N–H and O–H groups in total. The zero-order valence-corrected chi connectivity index (χ0v) is 10.8. The van der Waals surface area contributed by atoms with Crippen LogP contribution >= 0.6 is 0 Å². The van der Waals surface area contributed by atoms with Gasteiger partial charge in [0.1, 0.15) is 0 Å². The van der Waals surface area contributed by atoms with E-state index in [1.165, 1.54) is 16.7 Å². The van der Waals surface area contributed by atoms with E-state index in [9.17, 15) is 0 Å². The van der Waals surface area contributed by atoms with Crippen molar-refractivity contribution in [3.05, 3.63) is 53.3 Å². The van der Waals surface area contributed by atoms with E-state index in [4.69, 9.17) is 5.73 Å². The standard InChI is InChI=1S/C15H19N3/c1-18-11-12(10-17-18)6-8-15(16)9-7-13-4-2-3-5-14(13)15/h2-5,10-11H,6-9,16H2,1H3. The summed E-state index contributed by atoms with van der Waals surface area (Å²) >= 11 is 0. The predicted octanol–water partition coefficient (Wildman–Crippen LogP) is 2.15. The third-order valence-corrected chi connectivity index (χ3v) is 4.01. The Labute approximate surface area is 108 Å². The van der Waals surface area contributed by atoms with Gasteiger partial charge in [0.05, 0.1) is 6.20 Å². The minimum absolute atomic E-state index is 0.146. The quantitative estimate of drug-likeness (QED) is 0.895. The zero-order valence-electron chi connectivity index (χ0n) is 10.8. The molecule has 3 nitrogen and oxygen atoms in total. The van der Waals surface area contributed by atoms with Crippen molar-refractivity contribution in [3.8, 4) is 0 Å². The number of aromatic nitrogens is 2. The largest absolute Gasteiger partial charge is 0.321 e. The summed E-state index contributed by atoms with van der Waals surface area (Å²) in [5.74, 6) is 0. The molecule has 0 aliphatic heterocycles. The van der Waals surface area contributed by atoms with Gasteiger partial charge in [0.25, 0.3) is 0 Å². The van der Waals surface area contributed by atoms with Crippen LogP contribution in [0.2, 0.25) is 0 Å². The van der Waals surface area contributed by atoms with Gasteiger partial charge in [0.15, 0.2) is 0 Å². The molecule has 0 spiro atoms. The fraction of sp³-hybridized carbons (Fsp3) is 0.400. The number of rotatable bonds is 3. The monoisotopic (exact) mass is 241 g/mol. The first-order valence-corrected chi connectivity index (χ1v) is 6.52. The molecule has 1 heterocycles. The molecule has 94 valence electrons. The second-order valence-corrected chi connectivity index (χ2v) is 5.34. The van der Waals surface area contributed by atoms with Crippen LogP contribution in [0.1, 0.15) is 29.5 Å². The number of nitrogens with zero attached hydrogens (tertiary/aromatic N) is 2. The van der Waals surface area contributed by atoms with E-state index in [0.717, 1.165) is 25.7 Å². The van der Waals surface area contributed by atoms with Crippen LogP contribution in [0, 0.1) is 0 Å². The fourth-order valence-corrected chi connectivity index (χ4v) is 2.94. The maximum atomic E-state index is 6.60. The number of benzene rings is 1. The molecule has 0 amide bonds. The summed E-state index contributed by atoms with van der Waals surface area (Å²) in [6.45, 7) is 0. The Bertz CT molecular complexity index is 558. The molecule has 1 aromatic heterocycles. The lowest BCUT2D eigenvalue weighted by atomic mass is 9.87. The van der Waals surface area contributed by atoms with E-state index in [1.807, 2.05) is 17.9 Å². The zero-order chi connectivity index (χ0) is 12.6. The third kappa shape index (κ3) is 1.95. The Kier molecular flexibility index (Phi) is 2.71. The normalized spacial score (nSPS) is 22.1. The van der Waals surface area contributed by atoms with Crippen LogP contribution in [-0.4, -0.2) is 9.78 Å². The molecule has 3 rings (SSSR count). The first-order chi connectivity index (χ1) is 8.67. The molecular weight excluding hydrogens is 222 g/mol. The van der Waals surface area contributed by atoms with Crippen LogP contribution in [0.4, 0.5) is 0 Å². The van der Waals surface area contributed by atoms with Crippen LogP contribution in [-0.2, 0) is 25.4 Å². The van der Waals surface area contributed by atoms with Crippen molar-refractivity contribution in [1.29, 1.82) is 0 Å². The van der Waals surface area contributed by atoms with Gasteiger partial charge in [-0.15, -0.1) is 0 Å². The summed E-state index contributed by atoms with van der Waals surface area (Å²) in [7, 11) is 1.95. The first kappa shape index (κ1) is 11.5. The van der Waals surface area contributed by atoms with E-state index in [-0.39, 0.29) is 5.54 Å². The third-order valence-electron chi connectivity index (χ3n) is 4.01. The molecule has 1 aromatic carbocycles. The molecule has 1 aliphatic carbocycles. The number of nitrogens with two attached hydrogens (primary N) is 1. The van der Waals surface area contributed by atoms with Gasteiger partial charge in [-0.2, -0.15) is 5.10 Å². The maximum Gasteiger partial charge on any atom is 0.0521 e. The van der Waals surface area contributed by atoms with Crippen molar-refractivity contribution >= 4 is 0 Å². The lowest BCUT2D eigenvalue weighted by Crippen LogP contribution is -2.34. The van der Waals surface area contributed by atoms with Gasteiger partial charge in [0.2, 0.25) is 0 Å². The molecule has 0 bridgehead atoms. The molecule has 1 aliphatic rings. The number of hydrogen-bond acceptors (Lipinski definition) is 2. The van der Waals surface area contributed by atoms with Crippen LogP contribution in [0.15, 0.2) is 36.7 Å². The highest BCUT2D eigenvalue weighted by Gasteiger charge is 2.34. The summed E-state index contributed by atoms with van der Waals surface area (Å²) in [5, 5.41) is 4.20. The topological polar surface area (TPSA) is 43.8 Å². The molecule has 0 radical (unpaired) electrons. The Hall–Kier alpha value is -1.61. The van der Waals surface area contributed by atoms with Gasteiger partial charge >= 0.3 is 0 Å². The average molecular weight is 241 g/mol. The van der Waals surface area contributed by atoms with Gasteiger partial charge in [-0.3, -0.25) is 4.68 Å². The smallest absolute Gasteiger partial charge is 0.0521 e. The van der Waals surface area contributed by atoms with E-state index < -0.39 is 0 Å². The molecule has 1 unspecified atom stereocenters. The van der Waals surface area contributed by atoms with Gasteiger partial charge in [-0.05, 0) is 42.4 Å². The highest BCUT2D eigenvalue weighted by atomic mass is 15.2. The molecule has 2 aromatic rings. The molecule has 0 fully saturated rings. The van der Waals surface area contributed by atoms with Crippen molar-refractivity contribution < 1.29 is 0 Å². The number of hydrogen-bond donors (Lipinski definition) is 1. The Morgan fingerprint density at radius 1 is 1.39 bits per heavy atom. The highest BCUT2D eigenvalue weighted by molar-refractivity contribution is 5.38. The Morgan fingerprint density at radius 3 is 3.00 bits per heavy atom. The molecular formula is C15H19N3. The minimum atomic E-state index is -0.146. The molecule has 18 heavy (non-hydrogen) atoms. The molecule has 1 atom stereocenters. The highest BCUT2D eigenvalue weighted by Crippen LogP contribution is 2.37. The second-order valence-electron chi connectivity index (χ2n) is 5.34. The average Bonchev–Trinajstić information content (AvgIpc) is 2.93. The minimum Gasteiger partial charge on any atom is -0.321 e. The Morgan fingerprint density at radius 2 is 2.22 bits per heavy atom. The first-order valence-electron chi connectivity index (χ1n) is 6.52. The van der Waals surface area contributed by atoms with Gasteiger partial charge < -0.3 is 5.73 Å². The van der Waals surface area contributed by atoms with E-state index in [0.29, 0.717) is 0 Å². The summed E-state index contributed by atoms with van der Waals surface area (Å²) < 4.78 is 1.85. The van der Waals surface area contributed by atoms with E-state index >= 15 is 0 Å². The lowest BCUT2D eigenvalue weighted by Gasteiger charge is -2.25. The van der Waals surface area contributed by atoms with E-state index in [1.54, 1.807) is 0 Å². The van der Waals surface area contributed by atoms with Crippen molar-refractivity contribution in [2.75, 3.05) is 0 Å². The lowest BCUT2D eigenvalue weighted by molar-refractivity contribution is 0.407. The van der Waals surface area contributed by atoms with Crippen molar-refractivity contribution in [1.82, 2.24) is 9.78 Å². The maximum absolute atomic E-state index is 6.60. The summed E-state index contributed by atoms with van der Waals surface area (Å²) in [6.07, 6.45) is 8.18. The van der Waals surface area contributed by atoms with Crippen LogP contribution in [0.5, 0.6) is 0 Å². The van der Waals surface area contributed by atoms with E-state index in [2.05, 4.69) is 35.6 Å². The van der Waals surface area contributed by atoms with Crippen LogP contribution in [0.3, 0.4) is 0 Å². The van der Waals surface area contributed by atoms with Gasteiger partial charge in [-0.1, -0.05) is 24.3 Å². The number of fused-ring (bicyclic) bond motifs is 1. The number of aryl methyl sites for hydroxylation is 3. The van der Waals surface area contributed by atoms with Crippen molar-refractivity contribution in [2.45, 2.75) is 31.2 Å². The SMILES string of the molecule is Cn1cc(CCC2(N)CCc3ccccc32)cn1. The predicted molar refractivity (Wildman–Crippen MR) is 72.2 cm³/mol. The summed E-state index contributed by atoms with van der Waals surface area (Å²) in [5.41, 5.74) is 10.5. The second kappa shape index (κ2) is 4.25. The fourth-order valence-electron chi connectivity index (χ4n) is 2.94.